The van der Waals surface area contributed by atoms with E-state index in [2.05, 4.69) is 15.0 Å². The van der Waals surface area contributed by atoms with E-state index in [9.17, 15) is 31.9 Å². The molecule has 1 aromatic heterocycles. The predicted molar refractivity (Wildman–Crippen MR) is 132 cm³/mol. The van der Waals surface area contributed by atoms with Crippen LogP contribution >= 0.6 is 11.6 Å². The summed E-state index contributed by atoms with van der Waals surface area (Å²) in [7, 11) is 1.38. The number of aromatic nitrogens is 2. The third kappa shape index (κ3) is 5.82. The second-order valence-electron chi connectivity index (χ2n) is 8.76. The Morgan fingerprint density at radius 2 is 1.82 bits per heavy atom. The van der Waals surface area contributed by atoms with Crippen molar-refractivity contribution in [1.29, 1.82) is 0 Å². The summed E-state index contributed by atoms with van der Waals surface area (Å²) in [5, 5.41) is 2.65. The first kappa shape index (κ1) is 27.9. The lowest BCUT2D eigenvalue weighted by molar-refractivity contribution is -0.123. The highest BCUT2D eigenvalue weighted by Gasteiger charge is 2.28. The fourth-order valence-corrected chi connectivity index (χ4v) is 4.54. The molecule has 3 amide bonds. The van der Waals surface area contributed by atoms with Gasteiger partial charge in [0, 0.05) is 37.3 Å². The number of nitrogens with one attached hydrogen (secondary N) is 1. The van der Waals surface area contributed by atoms with Crippen LogP contribution in [0.2, 0.25) is 5.02 Å². The fraction of sp³-hybridized carbons (Fsp3) is 0.280. The second kappa shape index (κ2) is 11.3. The maximum Gasteiger partial charge on any atom is 0.387 e. The van der Waals surface area contributed by atoms with Gasteiger partial charge in [-0.15, -0.1) is 0 Å². The number of imidazole rings is 1. The Hall–Kier alpha value is -4.13. The highest BCUT2D eigenvalue weighted by molar-refractivity contribution is 6.34. The molecule has 1 aliphatic rings. The van der Waals surface area contributed by atoms with Crippen LogP contribution in [0.3, 0.4) is 0 Å². The van der Waals surface area contributed by atoms with E-state index >= 15 is 0 Å². The number of halogens is 5. The number of amides is 3. The summed E-state index contributed by atoms with van der Waals surface area (Å²) in [6, 6.07) is 6.17. The summed E-state index contributed by atoms with van der Waals surface area (Å²) in [5.74, 6) is -5.90. The molecule has 0 atom stereocenters. The van der Waals surface area contributed by atoms with E-state index in [4.69, 9.17) is 17.3 Å². The Bertz CT molecular complexity index is 1440. The van der Waals surface area contributed by atoms with E-state index in [1.807, 2.05) is 0 Å². The summed E-state index contributed by atoms with van der Waals surface area (Å²) in [5.41, 5.74) is 5.46. The van der Waals surface area contributed by atoms with Gasteiger partial charge in [-0.25, -0.2) is 9.37 Å². The number of alkyl halides is 2. The van der Waals surface area contributed by atoms with Crippen LogP contribution in [-0.2, 0) is 11.8 Å². The van der Waals surface area contributed by atoms with Crippen LogP contribution in [0.15, 0.2) is 36.5 Å². The topological polar surface area (TPSA) is 120 Å². The van der Waals surface area contributed by atoms with Crippen LogP contribution in [-0.4, -0.2) is 51.9 Å². The van der Waals surface area contributed by atoms with E-state index in [0.29, 0.717) is 25.9 Å². The highest BCUT2D eigenvalue weighted by Crippen LogP contribution is 2.31. The number of carbonyl (C=O) groups is 3. The van der Waals surface area contributed by atoms with Gasteiger partial charge in [0.15, 0.2) is 17.4 Å². The Morgan fingerprint density at radius 1 is 1.13 bits per heavy atom. The van der Waals surface area contributed by atoms with Gasteiger partial charge in [0.25, 0.3) is 11.8 Å². The maximum absolute atomic E-state index is 14.6. The molecule has 2 heterocycles. The number of ether oxygens (including phenoxy) is 1. The van der Waals surface area contributed by atoms with Gasteiger partial charge in [0.1, 0.15) is 0 Å². The number of nitrogens with zero attached hydrogens (tertiary/aromatic N) is 3. The monoisotopic (exact) mass is 567 g/mol. The summed E-state index contributed by atoms with van der Waals surface area (Å²) < 4.78 is 58.7. The Morgan fingerprint density at radius 3 is 2.44 bits per heavy atom. The predicted octanol–water partition coefficient (Wildman–Crippen LogP) is 4.21. The van der Waals surface area contributed by atoms with Gasteiger partial charge in [0.2, 0.25) is 11.7 Å². The molecule has 2 aromatic carbocycles. The first-order chi connectivity index (χ1) is 18.5. The average Bonchev–Trinajstić information content (AvgIpc) is 3.27. The standard InChI is InChI=1S/C25H22ClF4N5O4/c1-34-17(15-4-5-18(39-25(29)30)20(28)19(15)27)11-32-22(34)23(37)33-13-2-3-14(16(26)10-13)24(38)35-8-6-12(7-9-35)21(31)36/h2-5,10-12,25H,6-9H2,1H3,(H2,31,36)(H,33,37). The van der Waals surface area contributed by atoms with Crippen LogP contribution < -0.4 is 15.8 Å². The number of hydrogen-bond donors (Lipinski definition) is 2. The molecule has 1 aliphatic heterocycles. The molecule has 3 N–H and O–H groups in total. The second-order valence-corrected chi connectivity index (χ2v) is 9.17. The van der Waals surface area contributed by atoms with Gasteiger partial charge in [-0.05, 0) is 43.2 Å². The molecule has 3 aromatic rings. The lowest BCUT2D eigenvalue weighted by Gasteiger charge is -2.30. The summed E-state index contributed by atoms with van der Waals surface area (Å²) >= 11 is 6.32. The van der Waals surface area contributed by atoms with Gasteiger partial charge < -0.3 is 25.3 Å². The fourth-order valence-electron chi connectivity index (χ4n) is 4.28. The molecule has 9 nitrogen and oxygen atoms in total. The number of nitrogens with two attached hydrogens (primary N) is 1. The minimum Gasteiger partial charge on any atom is -0.432 e. The number of carbonyl (C=O) groups excluding carboxylic acids is 3. The quantitative estimate of drug-likeness (QED) is 0.415. The van der Waals surface area contributed by atoms with Crippen LogP contribution in [0.4, 0.5) is 23.2 Å². The Kier molecular flexibility index (Phi) is 8.09. The van der Waals surface area contributed by atoms with E-state index in [1.54, 1.807) is 4.90 Å². The van der Waals surface area contributed by atoms with Crippen LogP contribution in [0.5, 0.6) is 5.75 Å². The Balaban J connectivity index is 1.48. The molecule has 0 unspecified atom stereocenters. The van der Waals surface area contributed by atoms with Crippen LogP contribution in [0, 0.1) is 17.6 Å². The van der Waals surface area contributed by atoms with Crippen molar-refractivity contribution in [2.45, 2.75) is 19.5 Å². The molecule has 1 fully saturated rings. The molecule has 0 spiro atoms. The van der Waals surface area contributed by atoms with Crippen molar-refractivity contribution < 1.29 is 36.7 Å². The lowest BCUT2D eigenvalue weighted by Crippen LogP contribution is -2.41. The van der Waals surface area contributed by atoms with E-state index in [0.717, 1.165) is 18.3 Å². The van der Waals surface area contributed by atoms with Gasteiger partial charge in [-0.3, -0.25) is 14.4 Å². The molecule has 0 aliphatic carbocycles. The molecule has 1 saturated heterocycles. The van der Waals surface area contributed by atoms with Crippen molar-refractivity contribution in [2.75, 3.05) is 18.4 Å². The maximum atomic E-state index is 14.6. The number of hydrogen-bond acceptors (Lipinski definition) is 5. The van der Waals surface area contributed by atoms with Gasteiger partial charge in [0.05, 0.1) is 22.5 Å². The Labute approximate surface area is 224 Å². The third-order valence-electron chi connectivity index (χ3n) is 6.37. The smallest absolute Gasteiger partial charge is 0.387 e. The third-order valence-corrected chi connectivity index (χ3v) is 6.68. The normalized spacial score (nSPS) is 14.0. The van der Waals surface area contributed by atoms with E-state index in [-0.39, 0.29) is 45.2 Å². The molecule has 0 saturated carbocycles. The number of piperidine rings is 1. The lowest BCUT2D eigenvalue weighted by atomic mass is 9.96. The van der Waals surface area contributed by atoms with Crippen molar-refractivity contribution in [3.8, 4) is 17.0 Å². The van der Waals surface area contributed by atoms with Gasteiger partial charge in [-0.2, -0.15) is 13.2 Å². The highest BCUT2D eigenvalue weighted by atomic mass is 35.5. The minimum atomic E-state index is -3.33. The number of primary amides is 1. The number of likely N-dealkylation sites (tertiary alicyclic amines) is 1. The SMILES string of the molecule is Cn1c(-c2ccc(OC(F)F)c(F)c2F)cnc1C(=O)Nc1ccc(C(=O)N2CCC(C(N)=O)CC2)c(Cl)c1. The molecule has 39 heavy (non-hydrogen) atoms. The molecule has 0 radical (unpaired) electrons. The number of rotatable bonds is 7. The number of anilines is 1. The average molecular weight is 568 g/mol. The molecule has 0 bridgehead atoms. The van der Waals surface area contributed by atoms with Crippen molar-refractivity contribution in [3.05, 3.63) is 64.6 Å². The molecule has 14 heteroatoms. The minimum absolute atomic E-state index is 0.000713. The summed E-state index contributed by atoms with van der Waals surface area (Å²) in [6.07, 6.45) is 2.04. The first-order valence-corrected chi connectivity index (χ1v) is 12.0. The zero-order valence-corrected chi connectivity index (χ0v) is 21.1. The van der Waals surface area contributed by atoms with Crippen molar-refractivity contribution in [1.82, 2.24) is 14.5 Å². The molecular weight excluding hydrogens is 546 g/mol. The van der Waals surface area contributed by atoms with E-state index in [1.165, 1.54) is 29.8 Å². The first-order valence-electron chi connectivity index (χ1n) is 11.6. The van der Waals surface area contributed by atoms with Gasteiger partial charge >= 0.3 is 6.61 Å². The van der Waals surface area contributed by atoms with Gasteiger partial charge in [-0.1, -0.05) is 11.6 Å². The molecule has 4 rings (SSSR count). The van der Waals surface area contributed by atoms with Crippen molar-refractivity contribution >= 4 is 35.0 Å². The largest absolute Gasteiger partial charge is 0.432 e. The zero-order chi connectivity index (χ0) is 28.4. The van der Waals surface area contributed by atoms with Crippen molar-refractivity contribution in [2.24, 2.45) is 18.7 Å². The van der Waals surface area contributed by atoms with Crippen molar-refractivity contribution in [3.63, 3.8) is 0 Å². The zero-order valence-electron chi connectivity index (χ0n) is 20.4. The summed E-state index contributed by atoms with van der Waals surface area (Å²) in [6.45, 7) is -2.62. The van der Waals surface area contributed by atoms with Crippen LogP contribution in [0.1, 0.15) is 33.8 Å². The van der Waals surface area contributed by atoms with E-state index < -0.39 is 35.8 Å². The molecular formula is C25H22ClF4N5O4. The molecule has 206 valence electrons. The van der Waals surface area contributed by atoms with Crippen LogP contribution in [0.25, 0.3) is 11.3 Å². The summed E-state index contributed by atoms with van der Waals surface area (Å²) in [4.78, 5) is 42.6. The number of benzene rings is 2.